The molecule has 1 saturated heterocycles. The minimum absolute atomic E-state index is 0.0622. The second kappa shape index (κ2) is 9.21. The molecule has 3 aromatic rings. The number of nitrogens with zero attached hydrogens (tertiary/aromatic N) is 2. The summed E-state index contributed by atoms with van der Waals surface area (Å²) in [6, 6.07) is 11.9. The van der Waals surface area contributed by atoms with E-state index in [1.807, 2.05) is 45.0 Å². The monoisotopic (exact) mass is 544 g/mol. The molecule has 0 saturated carbocycles. The number of amides is 3. The summed E-state index contributed by atoms with van der Waals surface area (Å²) in [7, 11) is 0. The number of benzene rings is 2. The Balaban J connectivity index is 1.23. The van der Waals surface area contributed by atoms with Crippen LogP contribution in [0.3, 0.4) is 0 Å². The molecule has 2 N–H and O–H groups in total. The first-order chi connectivity index (χ1) is 19.0. The van der Waals surface area contributed by atoms with Gasteiger partial charge in [-0.3, -0.25) is 14.4 Å². The molecular weight excluding hydrogens is 514 g/mol. The van der Waals surface area contributed by atoms with E-state index in [2.05, 4.69) is 15.6 Å². The Labute approximate surface area is 231 Å². The second-order valence-corrected chi connectivity index (χ2v) is 11.8. The Kier molecular flexibility index (Phi) is 6.01. The van der Waals surface area contributed by atoms with Crippen LogP contribution in [0.25, 0.3) is 0 Å². The fraction of sp³-hybridized carbons (Fsp3) is 0.355. The highest BCUT2D eigenvalue weighted by atomic mass is 19.1. The molecule has 3 heterocycles. The van der Waals surface area contributed by atoms with E-state index in [1.165, 1.54) is 17.0 Å². The quantitative estimate of drug-likeness (QED) is 0.488. The van der Waals surface area contributed by atoms with E-state index in [9.17, 15) is 23.2 Å². The van der Waals surface area contributed by atoms with Crippen LogP contribution < -0.4 is 10.6 Å². The van der Waals surface area contributed by atoms with Crippen molar-refractivity contribution in [1.82, 2.24) is 9.88 Å². The number of halogens is 2. The smallest absolute Gasteiger partial charge is 0.244 e. The summed E-state index contributed by atoms with van der Waals surface area (Å²) < 4.78 is 28.2. The van der Waals surface area contributed by atoms with Gasteiger partial charge >= 0.3 is 0 Å². The van der Waals surface area contributed by atoms with Gasteiger partial charge in [-0.1, -0.05) is 32.9 Å². The van der Waals surface area contributed by atoms with Crippen LogP contribution in [-0.4, -0.2) is 34.2 Å². The lowest BCUT2D eigenvalue weighted by atomic mass is 9.71. The molecule has 2 aliphatic heterocycles. The van der Waals surface area contributed by atoms with E-state index in [4.69, 9.17) is 0 Å². The maximum Gasteiger partial charge on any atom is 0.244 e. The zero-order chi connectivity index (χ0) is 28.4. The Morgan fingerprint density at radius 1 is 1.07 bits per heavy atom. The van der Waals surface area contributed by atoms with Gasteiger partial charge in [0.1, 0.15) is 24.0 Å². The first-order valence-electron chi connectivity index (χ1n) is 13.4. The normalized spacial score (nSPS) is 24.6. The lowest BCUT2D eigenvalue weighted by Gasteiger charge is -2.46. The molecule has 206 valence electrons. The third-order valence-electron chi connectivity index (χ3n) is 9.05. The van der Waals surface area contributed by atoms with Crippen molar-refractivity contribution >= 4 is 29.2 Å². The molecule has 0 bridgehead atoms. The third-order valence-corrected chi connectivity index (χ3v) is 9.05. The van der Waals surface area contributed by atoms with Gasteiger partial charge in [0.25, 0.3) is 0 Å². The molecule has 1 aromatic heterocycles. The molecule has 9 heteroatoms. The summed E-state index contributed by atoms with van der Waals surface area (Å²) in [6.07, 6.45) is 3.15. The maximum absolute atomic E-state index is 14.1. The summed E-state index contributed by atoms with van der Waals surface area (Å²) in [5, 5.41) is 5.78. The number of hydrogen-bond donors (Lipinski definition) is 2. The van der Waals surface area contributed by atoms with E-state index >= 15 is 0 Å². The standard InChI is InChI=1S/C31H30F2N4O3/c1-17-9-25(19-10-21(32)13-22(33)11-19)37(29(40)30(17,2)3)16-26(38)35-23-7-6-18-14-31(15-20(18)12-23)24-5-4-8-34-27(24)36-28(31)39/h4-8,10-13,17,25H,9,14-16H2,1-3H3,(H,35,38)(H,34,36,39)/t17-,25-,31+/m0/s1. The van der Waals surface area contributed by atoms with Crippen molar-refractivity contribution in [2.24, 2.45) is 11.3 Å². The van der Waals surface area contributed by atoms with Gasteiger partial charge in [-0.2, -0.15) is 0 Å². The summed E-state index contributed by atoms with van der Waals surface area (Å²) in [5.41, 5.74) is 2.29. The number of carbonyl (C=O) groups is 3. The zero-order valence-corrected chi connectivity index (χ0v) is 22.6. The molecule has 6 rings (SSSR count). The highest BCUT2D eigenvalue weighted by molar-refractivity contribution is 6.06. The molecule has 1 aliphatic carbocycles. The van der Waals surface area contributed by atoms with Crippen molar-refractivity contribution in [2.45, 2.75) is 51.5 Å². The minimum Gasteiger partial charge on any atom is -0.326 e. The molecule has 0 radical (unpaired) electrons. The van der Waals surface area contributed by atoms with E-state index in [0.29, 0.717) is 36.3 Å². The van der Waals surface area contributed by atoms with Gasteiger partial charge in [-0.25, -0.2) is 13.8 Å². The number of carbonyl (C=O) groups excluding carboxylic acids is 3. The lowest BCUT2D eigenvalue weighted by molar-refractivity contribution is -0.154. The van der Waals surface area contributed by atoms with Gasteiger partial charge in [0, 0.05) is 28.9 Å². The average molecular weight is 545 g/mol. The van der Waals surface area contributed by atoms with Crippen LogP contribution in [0.4, 0.5) is 20.3 Å². The first-order valence-corrected chi connectivity index (χ1v) is 13.4. The number of piperidine rings is 1. The summed E-state index contributed by atoms with van der Waals surface area (Å²) in [4.78, 5) is 45.5. The summed E-state index contributed by atoms with van der Waals surface area (Å²) in [6.45, 7) is 5.33. The summed E-state index contributed by atoms with van der Waals surface area (Å²) in [5.74, 6) is -1.67. The number of hydrogen-bond acceptors (Lipinski definition) is 4. The molecule has 3 atom stereocenters. The predicted molar refractivity (Wildman–Crippen MR) is 145 cm³/mol. The fourth-order valence-electron chi connectivity index (χ4n) is 6.45. The molecule has 3 aliphatic rings. The third kappa shape index (κ3) is 4.15. The highest BCUT2D eigenvalue weighted by Crippen LogP contribution is 2.47. The molecule has 1 spiro atoms. The van der Waals surface area contributed by atoms with Crippen molar-refractivity contribution in [3.63, 3.8) is 0 Å². The van der Waals surface area contributed by atoms with Crippen LogP contribution in [0.2, 0.25) is 0 Å². The van der Waals surface area contributed by atoms with E-state index in [0.717, 1.165) is 22.8 Å². The zero-order valence-electron chi connectivity index (χ0n) is 22.6. The van der Waals surface area contributed by atoms with Gasteiger partial charge in [0.05, 0.1) is 11.5 Å². The van der Waals surface area contributed by atoms with Crippen LogP contribution >= 0.6 is 0 Å². The molecule has 0 unspecified atom stereocenters. The molecule has 1 fully saturated rings. The Hall–Kier alpha value is -4.14. The van der Waals surface area contributed by atoms with Crippen molar-refractivity contribution in [3.8, 4) is 0 Å². The van der Waals surface area contributed by atoms with Crippen molar-refractivity contribution < 1.29 is 23.2 Å². The average Bonchev–Trinajstić information content (AvgIpc) is 3.41. The van der Waals surface area contributed by atoms with Crippen LogP contribution in [-0.2, 0) is 32.6 Å². The Morgan fingerprint density at radius 2 is 1.80 bits per heavy atom. The molecule has 2 aromatic carbocycles. The van der Waals surface area contributed by atoms with Crippen LogP contribution in [0.1, 0.15) is 55.5 Å². The minimum atomic E-state index is -0.739. The van der Waals surface area contributed by atoms with Crippen molar-refractivity contribution in [1.29, 1.82) is 0 Å². The number of pyridine rings is 1. The van der Waals surface area contributed by atoms with E-state index in [1.54, 1.807) is 12.3 Å². The van der Waals surface area contributed by atoms with Crippen LogP contribution in [0.5, 0.6) is 0 Å². The number of anilines is 2. The van der Waals surface area contributed by atoms with Gasteiger partial charge in [0.15, 0.2) is 0 Å². The molecule has 7 nitrogen and oxygen atoms in total. The number of fused-ring (bicyclic) bond motifs is 3. The van der Waals surface area contributed by atoms with Crippen molar-refractivity contribution in [2.75, 3.05) is 17.2 Å². The summed E-state index contributed by atoms with van der Waals surface area (Å²) >= 11 is 0. The van der Waals surface area contributed by atoms with Gasteiger partial charge in [-0.15, -0.1) is 0 Å². The number of aromatic nitrogens is 1. The van der Waals surface area contributed by atoms with Gasteiger partial charge in [0.2, 0.25) is 17.7 Å². The molecule has 3 amide bonds. The molecule has 40 heavy (non-hydrogen) atoms. The van der Waals surface area contributed by atoms with Crippen molar-refractivity contribution in [3.05, 3.63) is 88.6 Å². The second-order valence-electron chi connectivity index (χ2n) is 11.8. The number of likely N-dealkylation sites (tertiary alicyclic amines) is 1. The predicted octanol–water partition coefficient (Wildman–Crippen LogP) is 4.92. The van der Waals surface area contributed by atoms with Crippen LogP contribution in [0, 0.1) is 23.0 Å². The first kappa shape index (κ1) is 26.1. The maximum atomic E-state index is 14.1. The van der Waals surface area contributed by atoms with Gasteiger partial charge < -0.3 is 15.5 Å². The number of nitrogens with one attached hydrogen (secondary N) is 2. The van der Waals surface area contributed by atoms with Gasteiger partial charge in [-0.05, 0) is 72.2 Å². The SMILES string of the molecule is C[C@H]1C[C@@H](c2cc(F)cc(F)c2)N(CC(=O)Nc2ccc3c(c2)C[C@@]2(C3)C(=O)Nc3ncccc32)C(=O)C1(C)C. The Bertz CT molecular complexity index is 1550. The highest BCUT2D eigenvalue weighted by Gasteiger charge is 2.51. The van der Waals surface area contributed by atoms with E-state index < -0.39 is 34.4 Å². The molecular formula is C31H30F2N4O3. The van der Waals surface area contributed by atoms with Crippen LogP contribution in [0.15, 0.2) is 54.7 Å². The fourth-order valence-corrected chi connectivity index (χ4v) is 6.45. The largest absolute Gasteiger partial charge is 0.326 e. The van der Waals surface area contributed by atoms with E-state index in [-0.39, 0.29) is 24.3 Å². The lowest BCUT2D eigenvalue weighted by Crippen LogP contribution is -2.53. The Morgan fingerprint density at radius 3 is 2.55 bits per heavy atom. The number of rotatable bonds is 4. The topological polar surface area (TPSA) is 91.4 Å².